The van der Waals surface area contributed by atoms with E-state index in [0.29, 0.717) is 0 Å². The maximum Gasteiger partial charge on any atom is 0.213 e. The van der Waals surface area contributed by atoms with Crippen molar-refractivity contribution in [3.63, 3.8) is 0 Å². The van der Waals surface area contributed by atoms with E-state index in [1.807, 2.05) is 45.8 Å². The van der Waals surface area contributed by atoms with Crippen LogP contribution in [0, 0.1) is 0 Å². The van der Waals surface area contributed by atoms with E-state index in [-0.39, 0.29) is 0 Å². The summed E-state index contributed by atoms with van der Waals surface area (Å²) in [6.45, 7) is 0. The van der Waals surface area contributed by atoms with Gasteiger partial charge in [-0.2, -0.15) is 19.6 Å². The molecule has 0 amide bonds. The SMILES string of the molecule is c1ccc(C2=Nn3c(nnc3SCc3ccccc3CSc3nnc4n3N=C(c3ccccc3)CS4)SC2)cc1. The van der Waals surface area contributed by atoms with Crippen LogP contribution in [0.2, 0.25) is 0 Å². The predicted molar refractivity (Wildman–Crippen MR) is 164 cm³/mol. The molecule has 4 heterocycles. The predicted octanol–water partition coefficient (Wildman–Crippen LogP) is 6.17. The van der Waals surface area contributed by atoms with Crippen molar-refractivity contribution in [2.45, 2.75) is 32.1 Å². The molecule has 0 bridgehead atoms. The number of fused-ring (bicyclic) bond motifs is 2. The smallest absolute Gasteiger partial charge is 0.181 e. The zero-order valence-corrected chi connectivity index (χ0v) is 24.4. The Morgan fingerprint density at radius 1 is 0.550 bits per heavy atom. The third kappa shape index (κ3) is 5.36. The van der Waals surface area contributed by atoms with E-state index < -0.39 is 0 Å². The minimum absolute atomic E-state index is 0.764. The average Bonchev–Trinajstić information content (AvgIpc) is 3.63. The first-order valence-electron chi connectivity index (χ1n) is 12.6. The van der Waals surface area contributed by atoms with Crippen LogP contribution in [0.15, 0.2) is 116 Å². The summed E-state index contributed by atoms with van der Waals surface area (Å²) in [7, 11) is 0. The summed E-state index contributed by atoms with van der Waals surface area (Å²) in [6, 6.07) is 29.1. The van der Waals surface area contributed by atoms with Crippen LogP contribution in [0.5, 0.6) is 0 Å². The van der Waals surface area contributed by atoms with E-state index >= 15 is 0 Å². The minimum Gasteiger partial charge on any atom is -0.181 e. The van der Waals surface area contributed by atoms with E-state index in [0.717, 1.165) is 66.2 Å². The van der Waals surface area contributed by atoms with Crippen molar-refractivity contribution in [2.75, 3.05) is 11.5 Å². The number of nitrogens with zero attached hydrogens (tertiary/aromatic N) is 8. The first-order valence-corrected chi connectivity index (χ1v) is 16.5. The van der Waals surface area contributed by atoms with Crippen LogP contribution < -0.4 is 0 Å². The molecule has 40 heavy (non-hydrogen) atoms. The molecule has 3 aromatic carbocycles. The Labute approximate surface area is 248 Å². The van der Waals surface area contributed by atoms with Gasteiger partial charge in [0.05, 0.1) is 11.4 Å². The quantitative estimate of drug-likeness (QED) is 0.196. The summed E-state index contributed by atoms with van der Waals surface area (Å²) >= 11 is 6.64. The number of benzene rings is 3. The largest absolute Gasteiger partial charge is 0.213 e. The van der Waals surface area contributed by atoms with Crippen molar-refractivity contribution in [1.29, 1.82) is 0 Å². The highest BCUT2D eigenvalue weighted by atomic mass is 32.2. The topological polar surface area (TPSA) is 86.1 Å². The van der Waals surface area contributed by atoms with Crippen LogP contribution in [0.3, 0.4) is 0 Å². The fraction of sp³-hybridized carbons (Fsp3) is 0.143. The molecule has 12 heteroatoms. The van der Waals surface area contributed by atoms with Crippen molar-refractivity contribution in [2.24, 2.45) is 10.2 Å². The molecule has 198 valence electrons. The molecule has 0 unspecified atom stereocenters. The number of rotatable bonds is 8. The van der Waals surface area contributed by atoms with Crippen LogP contribution in [0.25, 0.3) is 0 Å². The molecule has 0 N–H and O–H groups in total. The lowest BCUT2D eigenvalue weighted by Crippen LogP contribution is -2.13. The van der Waals surface area contributed by atoms with Gasteiger partial charge >= 0.3 is 0 Å². The first kappa shape index (κ1) is 25.6. The summed E-state index contributed by atoms with van der Waals surface area (Å²) in [5, 5.41) is 30.6. The van der Waals surface area contributed by atoms with Crippen molar-refractivity contribution < 1.29 is 0 Å². The van der Waals surface area contributed by atoms with Crippen LogP contribution >= 0.6 is 47.0 Å². The maximum absolute atomic E-state index is 4.88. The minimum atomic E-state index is 0.764. The van der Waals surface area contributed by atoms with Gasteiger partial charge in [-0.1, -0.05) is 132 Å². The lowest BCUT2D eigenvalue weighted by Gasteiger charge is -2.14. The first-order chi connectivity index (χ1) is 19.8. The molecule has 0 saturated heterocycles. The molecular weight excluding hydrogens is 577 g/mol. The molecule has 5 aromatic rings. The molecule has 0 aliphatic carbocycles. The van der Waals surface area contributed by atoms with Gasteiger partial charge in [-0.25, -0.2) is 0 Å². The molecule has 0 fully saturated rings. The molecule has 0 atom stereocenters. The monoisotopic (exact) mass is 598 g/mol. The van der Waals surface area contributed by atoms with Gasteiger partial charge < -0.3 is 0 Å². The van der Waals surface area contributed by atoms with Gasteiger partial charge in [0.15, 0.2) is 0 Å². The molecule has 8 nitrogen and oxygen atoms in total. The fourth-order valence-electron chi connectivity index (χ4n) is 4.27. The highest BCUT2D eigenvalue weighted by Crippen LogP contribution is 2.33. The zero-order chi connectivity index (χ0) is 26.7. The summed E-state index contributed by atoms with van der Waals surface area (Å²) in [6.07, 6.45) is 0. The van der Waals surface area contributed by atoms with Gasteiger partial charge in [0.1, 0.15) is 0 Å². The van der Waals surface area contributed by atoms with Crippen molar-refractivity contribution in [1.82, 2.24) is 29.7 Å². The Kier molecular flexibility index (Phi) is 7.47. The van der Waals surface area contributed by atoms with Crippen LogP contribution in [0.4, 0.5) is 0 Å². The second-order valence-corrected chi connectivity index (χ2v) is 12.7. The van der Waals surface area contributed by atoms with E-state index in [1.165, 1.54) is 11.1 Å². The van der Waals surface area contributed by atoms with Crippen molar-refractivity contribution >= 4 is 58.5 Å². The molecule has 0 radical (unpaired) electrons. The Bertz CT molecular complexity index is 1590. The van der Waals surface area contributed by atoms with E-state index in [2.05, 4.69) is 68.9 Å². The number of aromatic nitrogens is 6. The summed E-state index contributed by atoms with van der Waals surface area (Å²) < 4.78 is 3.75. The molecular formula is C28H22N8S4. The fourth-order valence-corrected chi connectivity index (χ4v) is 7.89. The van der Waals surface area contributed by atoms with E-state index in [4.69, 9.17) is 10.2 Å². The number of thioether (sulfide) groups is 4. The van der Waals surface area contributed by atoms with Crippen LogP contribution in [-0.4, -0.2) is 52.7 Å². The lowest BCUT2D eigenvalue weighted by atomic mass is 10.1. The zero-order valence-electron chi connectivity index (χ0n) is 21.1. The highest BCUT2D eigenvalue weighted by Gasteiger charge is 2.22. The molecule has 2 aliphatic heterocycles. The normalized spacial score (nSPS) is 14.3. The number of hydrogen-bond acceptors (Lipinski definition) is 10. The summed E-state index contributed by atoms with van der Waals surface area (Å²) in [5.74, 6) is 3.10. The number of hydrogen-bond donors (Lipinski definition) is 0. The van der Waals surface area contributed by atoms with E-state index in [9.17, 15) is 0 Å². The molecule has 2 aromatic heterocycles. The third-order valence-corrected chi connectivity index (χ3v) is 10.1. The Hall–Kier alpha value is -3.32. The van der Waals surface area contributed by atoms with E-state index in [1.54, 1.807) is 47.0 Å². The van der Waals surface area contributed by atoms with Gasteiger partial charge in [-0.05, 0) is 22.3 Å². The van der Waals surface area contributed by atoms with Gasteiger partial charge in [-0.15, -0.1) is 20.4 Å². The standard InChI is InChI=1S/C28H22N8S4/c1-3-9-19(10-4-1)23-17-39-27-31-29-25(35(27)33-23)37-15-21-13-7-8-14-22(21)16-38-26-30-32-28-36(26)34-24(18-40-28)20-11-5-2-6-12-20/h1-14H,15-18H2. The summed E-state index contributed by atoms with van der Waals surface area (Å²) in [4.78, 5) is 0. The van der Waals surface area contributed by atoms with Gasteiger partial charge in [-0.3, -0.25) is 0 Å². The highest BCUT2D eigenvalue weighted by molar-refractivity contribution is 8.00. The average molecular weight is 599 g/mol. The second kappa shape index (κ2) is 11.7. The Morgan fingerprint density at radius 3 is 1.43 bits per heavy atom. The second-order valence-electron chi connectivity index (χ2n) is 8.90. The van der Waals surface area contributed by atoms with Crippen molar-refractivity contribution in [3.05, 3.63) is 107 Å². The molecule has 7 rings (SSSR count). The van der Waals surface area contributed by atoms with Gasteiger partial charge in [0.2, 0.25) is 20.6 Å². The molecule has 0 spiro atoms. The molecule has 0 saturated carbocycles. The summed E-state index contributed by atoms with van der Waals surface area (Å²) in [5.41, 5.74) is 6.81. The van der Waals surface area contributed by atoms with Gasteiger partial charge in [0.25, 0.3) is 0 Å². The lowest BCUT2D eigenvalue weighted by molar-refractivity contribution is 0.693. The Balaban J connectivity index is 1.06. The Morgan fingerprint density at radius 2 is 0.975 bits per heavy atom. The molecule has 2 aliphatic rings. The van der Waals surface area contributed by atoms with Crippen molar-refractivity contribution in [3.8, 4) is 0 Å². The third-order valence-electron chi connectivity index (χ3n) is 6.33. The van der Waals surface area contributed by atoms with Gasteiger partial charge in [0, 0.05) is 23.0 Å². The van der Waals surface area contributed by atoms with Crippen LogP contribution in [0.1, 0.15) is 22.3 Å². The maximum atomic E-state index is 4.88. The van der Waals surface area contributed by atoms with Crippen LogP contribution in [-0.2, 0) is 11.5 Å².